The Morgan fingerprint density at radius 3 is 2.58 bits per heavy atom. The van der Waals surface area contributed by atoms with Crippen LogP contribution in [0.1, 0.15) is 34.3 Å². The fourth-order valence-electron chi connectivity index (χ4n) is 5.59. The molecule has 0 spiro atoms. The van der Waals surface area contributed by atoms with Crippen molar-refractivity contribution in [3.63, 3.8) is 0 Å². The van der Waals surface area contributed by atoms with E-state index in [2.05, 4.69) is 73.5 Å². The van der Waals surface area contributed by atoms with E-state index < -0.39 is 23.1 Å². The van der Waals surface area contributed by atoms with Gasteiger partial charge in [0, 0.05) is 47.8 Å². The molecule has 0 unspecified atom stereocenters. The average Bonchev–Trinajstić information content (AvgIpc) is 3.09. The van der Waals surface area contributed by atoms with Crippen LogP contribution in [0.25, 0.3) is 10.9 Å². The largest absolute Gasteiger partial charge is 0.372 e. The quantitative estimate of drug-likeness (QED) is 0.236. The Bertz CT molecular complexity index is 2070. The molecule has 10 nitrogen and oxygen atoms in total. The number of benzene rings is 3. The summed E-state index contributed by atoms with van der Waals surface area (Å²) in [5.74, 6) is 3.72. The molecule has 1 amide bonds. The minimum atomic E-state index is -1.02. The number of halogens is 2. The molecule has 1 aliphatic rings. The Labute approximate surface area is 276 Å². The van der Waals surface area contributed by atoms with Crippen LogP contribution in [0.5, 0.6) is 0 Å². The number of aromatic nitrogens is 4. The number of hydrogen-bond donors (Lipinski definition) is 2. The first-order chi connectivity index (χ1) is 23.2. The number of carbonyl (C=O) groups is 1. The lowest BCUT2D eigenvalue weighted by Crippen LogP contribution is -2.41. The monoisotopic (exact) mass is 648 g/mol. The number of fused-ring (bicyclic) bond motifs is 1. The minimum absolute atomic E-state index is 0.0136. The third-order valence-electron chi connectivity index (χ3n) is 8.40. The minimum Gasteiger partial charge on any atom is -0.372 e. The second-order valence-corrected chi connectivity index (χ2v) is 11.8. The topological polar surface area (TPSA) is 108 Å². The molecule has 0 radical (unpaired) electrons. The van der Waals surface area contributed by atoms with Crippen molar-refractivity contribution in [3.05, 3.63) is 118 Å². The first-order valence-corrected chi connectivity index (χ1v) is 15.5. The highest BCUT2D eigenvalue weighted by Crippen LogP contribution is 2.25. The zero-order valence-corrected chi connectivity index (χ0v) is 26.6. The lowest BCUT2D eigenvalue weighted by atomic mass is 10.0. The Morgan fingerprint density at radius 1 is 1.02 bits per heavy atom. The van der Waals surface area contributed by atoms with Crippen LogP contribution in [0.15, 0.2) is 84.2 Å². The molecule has 3 aromatic carbocycles. The molecule has 5 aromatic rings. The predicted octanol–water partition coefficient (Wildman–Crippen LogP) is 4.57. The van der Waals surface area contributed by atoms with E-state index in [0.717, 1.165) is 65.4 Å². The molecule has 6 rings (SSSR count). The highest BCUT2D eigenvalue weighted by molar-refractivity contribution is 5.93. The average molecular weight is 649 g/mol. The van der Waals surface area contributed by atoms with Gasteiger partial charge in [-0.25, -0.2) is 23.7 Å². The fraction of sp³-hybridized carbons (Fsp3) is 0.250. The number of likely N-dealkylation sites (tertiary alicyclic amines) is 1. The van der Waals surface area contributed by atoms with Gasteiger partial charge in [-0.2, -0.15) is 0 Å². The zero-order chi connectivity index (χ0) is 33.6. The summed E-state index contributed by atoms with van der Waals surface area (Å²) >= 11 is 0. The number of carbonyl (C=O) groups excluding carboxylic acids is 1. The maximum Gasteiger partial charge on any atom is 0.266 e. The molecule has 1 aliphatic heterocycles. The van der Waals surface area contributed by atoms with Gasteiger partial charge in [0.05, 0.1) is 24.9 Å². The van der Waals surface area contributed by atoms with Gasteiger partial charge < -0.3 is 20.4 Å². The lowest BCUT2D eigenvalue weighted by molar-refractivity contribution is 0.0956. The summed E-state index contributed by atoms with van der Waals surface area (Å²) in [6.07, 6.45) is 6.43. The lowest BCUT2D eigenvalue weighted by Gasteiger charge is -2.36. The first-order valence-electron chi connectivity index (χ1n) is 15.5. The predicted molar refractivity (Wildman–Crippen MR) is 181 cm³/mol. The molecule has 12 heteroatoms. The van der Waals surface area contributed by atoms with Gasteiger partial charge >= 0.3 is 0 Å². The standard InChI is InChI=1S/C36H34F2N8O2/c1-44-16-13-29(14-17-44)45(2)28-9-7-27(8-10-28)42-36-41-20-26-18-24(6-12-33(26)43-36)4-3-15-40-34(47)30-21-39-23-46(35(30)48)22-25-5-11-31(37)32(38)19-25/h5-12,18-21,23,29H,13-17,22H2,1-2H3,(H,40,47)(H,41,42,43). The van der Waals surface area contributed by atoms with E-state index in [1.165, 1.54) is 18.1 Å². The molecule has 0 atom stereocenters. The molecule has 0 saturated carbocycles. The molecule has 2 N–H and O–H groups in total. The van der Waals surface area contributed by atoms with Crippen molar-refractivity contribution in [1.29, 1.82) is 0 Å². The summed E-state index contributed by atoms with van der Waals surface area (Å²) in [7, 11) is 4.33. The highest BCUT2D eigenvalue weighted by atomic mass is 19.2. The van der Waals surface area contributed by atoms with Crippen LogP contribution < -0.4 is 21.1 Å². The molecule has 0 bridgehead atoms. The molecule has 2 aromatic heterocycles. The fourth-order valence-corrected chi connectivity index (χ4v) is 5.59. The van der Waals surface area contributed by atoms with E-state index in [1.54, 1.807) is 6.20 Å². The zero-order valence-electron chi connectivity index (χ0n) is 26.6. The number of amides is 1. The SMILES string of the molecule is CN1CCC(N(C)c2ccc(Nc3ncc4cc(C#CCNC(=O)c5cncn(Cc6ccc(F)c(F)c6)c5=O)ccc4n3)cc2)CC1. The van der Waals surface area contributed by atoms with Gasteiger partial charge in [-0.3, -0.25) is 14.2 Å². The number of anilines is 3. The molecular weight excluding hydrogens is 614 g/mol. The summed E-state index contributed by atoms with van der Waals surface area (Å²) in [5, 5.41) is 6.69. The highest BCUT2D eigenvalue weighted by Gasteiger charge is 2.21. The van der Waals surface area contributed by atoms with Crippen LogP contribution >= 0.6 is 0 Å². The smallest absolute Gasteiger partial charge is 0.266 e. The van der Waals surface area contributed by atoms with Gasteiger partial charge in [0.2, 0.25) is 5.95 Å². The Kier molecular flexibility index (Phi) is 9.68. The summed E-state index contributed by atoms with van der Waals surface area (Å²) in [5.41, 5.74) is 3.09. The number of nitrogens with one attached hydrogen (secondary N) is 2. The third-order valence-corrected chi connectivity index (χ3v) is 8.40. The summed E-state index contributed by atoms with van der Waals surface area (Å²) in [6, 6.07) is 17.7. The number of rotatable bonds is 8. The van der Waals surface area contributed by atoms with Crippen molar-refractivity contribution in [3.8, 4) is 11.8 Å². The third kappa shape index (κ3) is 7.65. The normalized spacial score (nSPS) is 13.5. The van der Waals surface area contributed by atoms with Gasteiger partial charge in [-0.1, -0.05) is 17.9 Å². The van der Waals surface area contributed by atoms with Gasteiger partial charge in [-0.15, -0.1) is 0 Å². The van der Waals surface area contributed by atoms with Crippen LogP contribution in [0.4, 0.5) is 26.1 Å². The van der Waals surface area contributed by atoms with Crippen molar-refractivity contribution in [2.24, 2.45) is 0 Å². The molecule has 3 heterocycles. The maximum atomic E-state index is 13.6. The van der Waals surface area contributed by atoms with E-state index >= 15 is 0 Å². The van der Waals surface area contributed by atoms with E-state index in [1.807, 2.05) is 30.3 Å². The van der Waals surface area contributed by atoms with Crippen LogP contribution in [-0.4, -0.2) is 70.1 Å². The number of hydrogen-bond acceptors (Lipinski definition) is 8. The van der Waals surface area contributed by atoms with Crippen LogP contribution in [0.2, 0.25) is 0 Å². The molecule has 1 saturated heterocycles. The van der Waals surface area contributed by atoms with Crippen LogP contribution in [0, 0.1) is 23.5 Å². The molecule has 1 fully saturated rings. The van der Waals surface area contributed by atoms with Gasteiger partial charge in [0.1, 0.15) is 5.56 Å². The summed E-state index contributed by atoms with van der Waals surface area (Å²) < 4.78 is 28.0. The molecule has 0 aliphatic carbocycles. The van der Waals surface area contributed by atoms with Gasteiger partial charge in [0.15, 0.2) is 11.6 Å². The molecule has 244 valence electrons. The number of nitrogens with zero attached hydrogens (tertiary/aromatic N) is 6. The van der Waals surface area contributed by atoms with Crippen molar-refractivity contribution < 1.29 is 13.6 Å². The summed E-state index contributed by atoms with van der Waals surface area (Å²) in [6.45, 7) is 2.15. The Hall–Kier alpha value is -5.67. The van der Waals surface area contributed by atoms with E-state index in [9.17, 15) is 18.4 Å². The summed E-state index contributed by atoms with van der Waals surface area (Å²) in [4.78, 5) is 43.3. The van der Waals surface area contributed by atoms with Crippen molar-refractivity contribution in [2.75, 3.05) is 43.9 Å². The Balaban J connectivity index is 1.04. The number of piperidine rings is 1. The van der Waals surface area contributed by atoms with Crippen LogP contribution in [0.3, 0.4) is 0 Å². The molecular formula is C36H34F2N8O2. The second-order valence-electron chi connectivity index (χ2n) is 11.8. The van der Waals surface area contributed by atoms with E-state index in [-0.39, 0.29) is 18.7 Å². The molecule has 48 heavy (non-hydrogen) atoms. The van der Waals surface area contributed by atoms with Crippen molar-refractivity contribution >= 4 is 34.1 Å². The first kappa shape index (κ1) is 32.3. The van der Waals surface area contributed by atoms with E-state index in [4.69, 9.17) is 0 Å². The van der Waals surface area contributed by atoms with Crippen molar-refractivity contribution in [2.45, 2.75) is 25.4 Å². The Morgan fingerprint density at radius 2 is 1.81 bits per heavy atom. The van der Waals surface area contributed by atoms with Gasteiger partial charge in [-0.05, 0) is 93.1 Å². The maximum absolute atomic E-state index is 13.6. The van der Waals surface area contributed by atoms with E-state index in [0.29, 0.717) is 23.1 Å². The second kappa shape index (κ2) is 14.4. The van der Waals surface area contributed by atoms with Crippen molar-refractivity contribution in [1.82, 2.24) is 29.7 Å². The van der Waals surface area contributed by atoms with Crippen LogP contribution in [-0.2, 0) is 6.54 Å². The van der Waals surface area contributed by atoms with Gasteiger partial charge in [0.25, 0.3) is 11.5 Å².